The van der Waals surface area contributed by atoms with Crippen LogP contribution in [0, 0.1) is 0 Å². The van der Waals surface area contributed by atoms with E-state index < -0.39 is 0 Å². The van der Waals surface area contributed by atoms with Crippen molar-refractivity contribution in [2.45, 2.75) is 25.9 Å². The summed E-state index contributed by atoms with van der Waals surface area (Å²) in [5.41, 5.74) is 11.5. The Morgan fingerprint density at radius 3 is 1.93 bits per heavy atom. The SMILES string of the molecule is CCN(CC)CCC(N)(CN)N(C)C. The zero-order valence-corrected chi connectivity index (χ0v) is 10.1. The van der Waals surface area contributed by atoms with Crippen LogP contribution in [-0.4, -0.2) is 55.7 Å². The quantitative estimate of drug-likeness (QED) is 0.566. The lowest BCUT2D eigenvalue weighted by Crippen LogP contribution is -2.59. The van der Waals surface area contributed by atoms with Crippen molar-refractivity contribution in [2.75, 3.05) is 40.3 Å². The number of nitrogens with zero attached hydrogens (tertiary/aromatic N) is 2. The van der Waals surface area contributed by atoms with E-state index in [2.05, 4.69) is 18.7 Å². The highest BCUT2D eigenvalue weighted by molar-refractivity contribution is 4.83. The molecule has 0 aromatic heterocycles. The molecule has 4 heteroatoms. The highest BCUT2D eigenvalue weighted by atomic mass is 15.2. The van der Waals surface area contributed by atoms with Crippen LogP contribution in [0.1, 0.15) is 20.3 Å². The second-order valence-corrected chi connectivity index (χ2v) is 3.98. The van der Waals surface area contributed by atoms with Crippen LogP contribution in [0.25, 0.3) is 0 Å². The molecule has 0 saturated carbocycles. The summed E-state index contributed by atoms with van der Waals surface area (Å²) in [6.45, 7) is 7.99. The number of likely N-dealkylation sites (N-methyl/N-ethyl adjacent to an activating group) is 1. The van der Waals surface area contributed by atoms with Gasteiger partial charge in [0.05, 0.1) is 5.66 Å². The van der Waals surface area contributed by atoms with E-state index in [9.17, 15) is 0 Å². The molecule has 4 nitrogen and oxygen atoms in total. The first-order valence-electron chi connectivity index (χ1n) is 5.38. The molecular formula is C10H26N4. The summed E-state index contributed by atoms with van der Waals surface area (Å²) < 4.78 is 0. The van der Waals surface area contributed by atoms with Gasteiger partial charge in [0.25, 0.3) is 0 Å². The van der Waals surface area contributed by atoms with E-state index in [0.29, 0.717) is 6.54 Å². The third-order valence-corrected chi connectivity index (χ3v) is 3.00. The molecule has 0 saturated heterocycles. The molecule has 0 spiro atoms. The van der Waals surface area contributed by atoms with Gasteiger partial charge in [-0.25, -0.2) is 0 Å². The first kappa shape index (κ1) is 13.8. The number of hydrogen-bond acceptors (Lipinski definition) is 4. The molecule has 1 unspecified atom stereocenters. The second-order valence-electron chi connectivity index (χ2n) is 3.98. The van der Waals surface area contributed by atoms with Crippen LogP contribution < -0.4 is 11.5 Å². The highest BCUT2D eigenvalue weighted by Gasteiger charge is 2.25. The third kappa shape index (κ3) is 3.92. The molecule has 1 atom stereocenters. The van der Waals surface area contributed by atoms with Crippen LogP contribution in [-0.2, 0) is 0 Å². The Morgan fingerprint density at radius 2 is 1.64 bits per heavy atom. The summed E-state index contributed by atoms with van der Waals surface area (Å²) in [5, 5.41) is 0. The highest BCUT2D eigenvalue weighted by Crippen LogP contribution is 2.08. The van der Waals surface area contributed by atoms with E-state index in [0.717, 1.165) is 26.1 Å². The Hall–Kier alpha value is -0.160. The van der Waals surface area contributed by atoms with Crippen LogP contribution in [0.4, 0.5) is 0 Å². The summed E-state index contributed by atoms with van der Waals surface area (Å²) in [6.07, 6.45) is 0.915. The van der Waals surface area contributed by atoms with E-state index in [-0.39, 0.29) is 5.66 Å². The molecule has 4 N–H and O–H groups in total. The van der Waals surface area contributed by atoms with Crippen LogP contribution in [0.15, 0.2) is 0 Å². The molecule has 0 aliphatic heterocycles. The molecule has 0 amide bonds. The average Bonchev–Trinajstić information content (AvgIpc) is 2.18. The summed E-state index contributed by atoms with van der Waals surface area (Å²) in [5.74, 6) is 0. The van der Waals surface area contributed by atoms with Crippen molar-refractivity contribution in [1.29, 1.82) is 0 Å². The molecule has 0 aromatic rings. The van der Waals surface area contributed by atoms with Gasteiger partial charge in [-0.1, -0.05) is 13.8 Å². The molecular weight excluding hydrogens is 176 g/mol. The lowest BCUT2D eigenvalue weighted by Gasteiger charge is -2.36. The minimum Gasteiger partial charge on any atom is -0.328 e. The number of rotatable bonds is 7. The van der Waals surface area contributed by atoms with Gasteiger partial charge in [-0.2, -0.15) is 0 Å². The fourth-order valence-corrected chi connectivity index (χ4v) is 1.40. The van der Waals surface area contributed by atoms with Crippen molar-refractivity contribution in [3.8, 4) is 0 Å². The Bertz CT molecular complexity index is 145. The predicted molar refractivity (Wildman–Crippen MR) is 62.1 cm³/mol. The smallest absolute Gasteiger partial charge is 0.0820 e. The van der Waals surface area contributed by atoms with Crippen LogP contribution in [0.2, 0.25) is 0 Å². The van der Waals surface area contributed by atoms with Crippen molar-refractivity contribution in [1.82, 2.24) is 9.80 Å². The van der Waals surface area contributed by atoms with Gasteiger partial charge in [0.2, 0.25) is 0 Å². The lowest BCUT2D eigenvalue weighted by atomic mass is 10.1. The molecule has 86 valence electrons. The van der Waals surface area contributed by atoms with Gasteiger partial charge in [0.1, 0.15) is 0 Å². The van der Waals surface area contributed by atoms with Gasteiger partial charge in [-0.05, 0) is 33.6 Å². The largest absolute Gasteiger partial charge is 0.328 e. The maximum absolute atomic E-state index is 6.17. The van der Waals surface area contributed by atoms with Crippen molar-refractivity contribution in [3.63, 3.8) is 0 Å². The van der Waals surface area contributed by atoms with Gasteiger partial charge in [0, 0.05) is 13.1 Å². The van der Waals surface area contributed by atoms with Gasteiger partial charge in [-0.3, -0.25) is 4.90 Å². The molecule has 0 fully saturated rings. The van der Waals surface area contributed by atoms with E-state index in [4.69, 9.17) is 11.5 Å². The van der Waals surface area contributed by atoms with Crippen molar-refractivity contribution in [2.24, 2.45) is 11.5 Å². The van der Waals surface area contributed by atoms with Crippen LogP contribution >= 0.6 is 0 Å². The number of hydrogen-bond donors (Lipinski definition) is 2. The van der Waals surface area contributed by atoms with E-state index in [1.807, 2.05) is 19.0 Å². The van der Waals surface area contributed by atoms with Crippen LogP contribution in [0.5, 0.6) is 0 Å². The predicted octanol–water partition coefficient (Wildman–Crippen LogP) is -0.106. The summed E-state index contributed by atoms with van der Waals surface area (Å²) >= 11 is 0. The normalized spacial score (nSPS) is 16.3. The third-order valence-electron chi connectivity index (χ3n) is 3.00. The Labute approximate surface area is 88.2 Å². The van der Waals surface area contributed by atoms with Gasteiger partial charge >= 0.3 is 0 Å². The van der Waals surface area contributed by atoms with Crippen molar-refractivity contribution in [3.05, 3.63) is 0 Å². The Balaban J connectivity index is 4.06. The average molecular weight is 202 g/mol. The standard InChI is InChI=1S/C10H26N4/c1-5-14(6-2)8-7-10(12,9-11)13(3)4/h5-9,11-12H2,1-4H3. The molecule has 0 aliphatic rings. The lowest BCUT2D eigenvalue weighted by molar-refractivity contribution is 0.132. The van der Waals surface area contributed by atoms with Crippen LogP contribution in [0.3, 0.4) is 0 Å². The Kier molecular flexibility index (Phi) is 6.27. The van der Waals surface area contributed by atoms with Gasteiger partial charge in [0.15, 0.2) is 0 Å². The summed E-state index contributed by atoms with van der Waals surface area (Å²) in [7, 11) is 3.96. The summed E-state index contributed by atoms with van der Waals surface area (Å²) in [6, 6.07) is 0. The molecule has 0 aromatic carbocycles. The first-order valence-corrected chi connectivity index (χ1v) is 5.38. The van der Waals surface area contributed by atoms with E-state index >= 15 is 0 Å². The Morgan fingerprint density at radius 1 is 1.14 bits per heavy atom. The van der Waals surface area contributed by atoms with E-state index in [1.54, 1.807) is 0 Å². The first-order chi connectivity index (χ1) is 6.50. The topological polar surface area (TPSA) is 58.5 Å². The molecule has 14 heavy (non-hydrogen) atoms. The monoisotopic (exact) mass is 202 g/mol. The number of nitrogens with two attached hydrogens (primary N) is 2. The minimum absolute atomic E-state index is 0.359. The maximum atomic E-state index is 6.17. The second kappa shape index (κ2) is 6.35. The zero-order valence-electron chi connectivity index (χ0n) is 10.1. The molecule has 0 heterocycles. The van der Waals surface area contributed by atoms with E-state index in [1.165, 1.54) is 0 Å². The fourth-order valence-electron chi connectivity index (χ4n) is 1.40. The molecule has 0 bridgehead atoms. The minimum atomic E-state index is -0.359. The molecule has 0 aliphatic carbocycles. The fraction of sp³-hybridized carbons (Fsp3) is 1.00. The van der Waals surface area contributed by atoms with Crippen molar-refractivity contribution < 1.29 is 0 Å². The zero-order chi connectivity index (χ0) is 11.2. The maximum Gasteiger partial charge on any atom is 0.0820 e. The molecule has 0 radical (unpaired) electrons. The van der Waals surface area contributed by atoms with Gasteiger partial charge in [-0.15, -0.1) is 0 Å². The van der Waals surface area contributed by atoms with Crippen molar-refractivity contribution >= 4 is 0 Å². The molecule has 0 rings (SSSR count). The van der Waals surface area contributed by atoms with Gasteiger partial charge < -0.3 is 16.4 Å². The summed E-state index contributed by atoms with van der Waals surface area (Å²) in [4.78, 5) is 4.37.